The average Bonchev–Trinajstić information content (AvgIpc) is 3.24. The van der Waals surface area contributed by atoms with Crippen molar-refractivity contribution in [1.82, 2.24) is 25.2 Å². The maximum absolute atomic E-state index is 5.71. The summed E-state index contributed by atoms with van der Waals surface area (Å²) in [6.45, 7) is 1.32. The second kappa shape index (κ2) is 6.86. The monoisotopic (exact) mass is 332 g/mol. The second-order valence-electron chi connectivity index (χ2n) is 6.15. The van der Waals surface area contributed by atoms with Gasteiger partial charge in [0.1, 0.15) is 0 Å². The zero-order valence-corrected chi connectivity index (χ0v) is 13.9. The molecule has 0 bridgehead atoms. The molecule has 25 heavy (non-hydrogen) atoms. The van der Waals surface area contributed by atoms with E-state index in [9.17, 15) is 0 Å². The van der Waals surface area contributed by atoms with E-state index in [0.29, 0.717) is 19.5 Å². The van der Waals surface area contributed by atoms with Crippen molar-refractivity contribution >= 4 is 10.9 Å². The van der Waals surface area contributed by atoms with E-state index < -0.39 is 0 Å². The highest BCUT2D eigenvalue weighted by atomic mass is 15.5. The number of hydrogen-bond donors (Lipinski definition) is 2. The lowest BCUT2D eigenvalue weighted by Gasteiger charge is -2.06. The fourth-order valence-corrected chi connectivity index (χ4v) is 3.11. The van der Waals surface area contributed by atoms with Crippen LogP contribution in [0.25, 0.3) is 10.9 Å². The number of nitrogens with two attached hydrogens (primary N) is 1. The lowest BCUT2D eigenvalue weighted by Crippen LogP contribution is -2.07. The molecule has 0 aliphatic rings. The summed E-state index contributed by atoms with van der Waals surface area (Å²) in [5.74, 6) is 0.860. The molecular weight excluding hydrogens is 312 g/mol. The molecule has 0 amide bonds. The maximum atomic E-state index is 5.71. The molecule has 2 aromatic carbocycles. The Bertz CT molecular complexity index is 970. The Hall–Kier alpha value is -2.99. The maximum Gasteiger partial charge on any atom is 0.156 e. The van der Waals surface area contributed by atoms with E-state index in [1.54, 1.807) is 0 Å². The highest BCUT2D eigenvalue weighted by Crippen LogP contribution is 2.21. The first kappa shape index (κ1) is 15.5. The van der Waals surface area contributed by atoms with Crippen molar-refractivity contribution in [3.63, 3.8) is 0 Å². The van der Waals surface area contributed by atoms with Crippen LogP contribution in [0.2, 0.25) is 0 Å². The standard InChI is InChI=1S/C19H20N6/c20-9-8-16-12-21-18-7-6-15(10-17(16)18)11-19-22-23-24-25(19)13-14-4-2-1-3-5-14/h1-7,10,12,21H,8-9,11,13,20H2. The number of hydrogen-bond acceptors (Lipinski definition) is 4. The van der Waals surface area contributed by atoms with Crippen molar-refractivity contribution in [2.24, 2.45) is 5.73 Å². The third kappa shape index (κ3) is 3.29. The Kier molecular flexibility index (Phi) is 4.26. The summed E-state index contributed by atoms with van der Waals surface area (Å²) in [6.07, 6.45) is 3.61. The third-order valence-electron chi connectivity index (χ3n) is 4.39. The molecule has 0 radical (unpaired) electrons. The van der Waals surface area contributed by atoms with E-state index in [1.807, 2.05) is 29.1 Å². The van der Waals surface area contributed by atoms with Gasteiger partial charge in [-0.3, -0.25) is 0 Å². The molecule has 0 aliphatic heterocycles. The molecule has 4 aromatic rings. The van der Waals surface area contributed by atoms with E-state index in [2.05, 4.69) is 50.8 Å². The van der Waals surface area contributed by atoms with Crippen molar-refractivity contribution in [2.75, 3.05) is 6.54 Å². The van der Waals surface area contributed by atoms with Gasteiger partial charge in [-0.2, -0.15) is 0 Å². The van der Waals surface area contributed by atoms with Crippen LogP contribution in [0.5, 0.6) is 0 Å². The number of tetrazole rings is 1. The van der Waals surface area contributed by atoms with Crippen LogP contribution < -0.4 is 5.73 Å². The van der Waals surface area contributed by atoms with Crippen LogP contribution in [-0.2, 0) is 19.4 Å². The SMILES string of the molecule is NCCc1c[nH]c2ccc(Cc3nnnn3Cc3ccccc3)cc12. The number of H-pyrrole nitrogens is 1. The van der Waals surface area contributed by atoms with Crippen LogP contribution in [0, 0.1) is 0 Å². The first-order valence-electron chi connectivity index (χ1n) is 8.41. The van der Waals surface area contributed by atoms with Crippen molar-refractivity contribution < 1.29 is 0 Å². The Morgan fingerprint density at radius 2 is 1.92 bits per heavy atom. The predicted molar refractivity (Wildman–Crippen MR) is 97.2 cm³/mol. The highest BCUT2D eigenvalue weighted by molar-refractivity contribution is 5.84. The molecule has 0 saturated carbocycles. The zero-order chi connectivity index (χ0) is 17.1. The average molecular weight is 332 g/mol. The molecule has 0 unspecified atom stereocenters. The Morgan fingerprint density at radius 1 is 1.04 bits per heavy atom. The van der Waals surface area contributed by atoms with Gasteiger partial charge in [-0.1, -0.05) is 36.4 Å². The van der Waals surface area contributed by atoms with Gasteiger partial charge in [0, 0.05) is 23.5 Å². The normalized spacial score (nSPS) is 11.2. The summed E-state index contributed by atoms with van der Waals surface area (Å²) >= 11 is 0. The molecule has 0 aliphatic carbocycles. The molecular formula is C19H20N6. The van der Waals surface area contributed by atoms with Crippen molar-refractivity contribution in [2.45, 2.75) is 19.4 Å². The van der Waals surface area contributed by atoms with Crippen LogP contribution in [0.1, 0.15) is 22.5 Å². The van der Waals surface area contributed by atoms with Crippen LogP contribution in [0.3, 0.4) is 0 Å². The molecule has 2 aromatic heterocycles. The number of aromatic amines is 1. The summed E-state index contributed by atoms with van der Waals surface area (Å²) in [5.41, 5.74) is 10.5. The van der Waals surface area contributed by atoms with Gasteiger partial charge in [0.2, 0.25) is 0 Å². The van der Waals surface area contributed by atoms with Gasteiger partial charge >= 0.3 is 0 Å². The fraction of sp³-hybridized carbons (Fsp3) is 0.211. The summed E-state index contributed by atoms with van der Waals surface area (Å²) in [7, 11) is 0. The number of aromatic nitrogens is 5. The number of nitrogens with zero attached hydrogens (tertiary/aromatic N) is 4. The fourth-order valence-electron chi connectivity index (χ4n) is 3.11. The van der Waals surface area contributed by atoms with Gasteiger partial charge in [0.25, 0.3) is 0 Å². The van der Waals surface area contributed by atoms with Crippen molar-refractivity contribution in [1.29, 1.82) is 0 Å². The lowest BCUT2D eigenvalue weighted by atomic mass is 10.1. The molecule has 3 N–H and O–H groups in total. The first-order valence-corrected chi connectivity index (χ1v) is 8.41. The van der Waals surface area contributed by atoms with Crippen LogP contribution in [-0.4, -0.2) is 31.7 Å². The number of fused-ring (bicyclic) bond motifs is 1. The van der Waals surface area contributed by atoms with Gasteiger partial charge in [-0.15, -0.1) is 5.10 Å². The second-order valence-corrected chi connectivity index (χ2v) is 6.15. The summed E-state index contributed by atoms with van der Waals surface area (Å²) in [6, 6.07) is 16.7. The van der Waals surface area contributed by atoms with Gasteiger partial charge in [0.15, 0.2) is 5.82 Å². The van der Waals surface area contributed by atoms with Crippen LogP contribution in [0.4, 0.5) is 0 Å². The topological polar surface area (TPSA) is 85.4 Å². The van der Waals surface area contributed by atoms with Crippen LogP contribution in [0.15, 0.2) is 54.7 Å². The quantitative estimate of drug-likeness (QED) is 0.567. The smallest absolute Gasteiger partial charge is 0.156 e. The zero-order valence-electron chi connectivity index (χ0n) is 13.9. The molecule has 4 rings (SSSR count). The number of nitrogens with one attached hydrogen (secondary N) is 1. The van der Waals surface area contributed by atoms with E-state index in [1.165, 1.54) is 22.1 Å². The molecule has 0 spiro atoms. The molecule has 6 nitrogen and oxygen atoms in total. The molecule has 0 atom stereocenters. The van der Waals surface area contributed by atoms with E-state index in [0.717, 1.165) is 17.8 Å². The van der Waals surface area contributed by atoms with Crippen LogP contribution >= 0.6 is 0 Å². The van der Waals surface area contributed by atoms with Crippen molar-refractivity contribution in [3.05, 3.63) is 77.2 Å². The summed E-state index contributed by atoms with van der Waals surface area (Å²) in [4.78, 5) is 3.30. The minimum atomic E-state index is 0.645. The highest BCUT2D eigenvalue weighted by Gasteiger charge is 2.10. The summed E-state index contributed by atoms with van der Waals surface area (Å²) in [5, 5.41) is 13.4. The predicted octanol–water partition coefficient (Wildman–Crippen LogP) is 2.29. The van der Waals surface area contributed by atoms with E-state index in [4.69, 9.17) is 5.73 Å². The molecule has 126 valence electrons. The van der Waals surface area contributed by atoms with E-state index >= 15 is 0 Å². The van der Waals surface area contributed by atoms with Gasteiger partial charge in [0.05, 0.1) is 6.54 Å². The van der Waals surface area contributed by atoms with Gasteiger partial charge in [-0.25, -0.2) is 4.68 Å². The Labute approximate surface area is 145 Å². The number of benzene rings is 2. The molecule has 6 heteroatoms. The molecule has 2 heterocycles. The van der Waals surface area contributed by atoms with E-state index in [-0.39, 0.29) is 0 Å². The number of rotatable bonds is 6. The molecule has 0 fully saturated rings. The van der Waals surface area contributed by atoms with Gasteiger partial charge in [-0.05, 0) is 52.2 Å². The minimum absolute atomic E-state index is 0.645. The first-order chi connectivity index (χ1) is 12.3. The third-order valence-corrected chi connectivity index (χ3v) is 4.39. The molecule has 0 saturated heterocycles. The summed E-state index contributed by atoms with van der Waals surface area (Å²) < 4.78 is 1.86. The minimum Gasteiger partial charge on any atom is -0.361 e. The van der Waals surface area contributed by atoms with Crippen molar-refractivity contribution in [3.8, 4) is 0 Å². The lowest BCUT2D eigenvalue weighted by molar-refractivity contribution is 0.625. The van der Waals surface area contributed by atoms with Gasteiger partial charge < -0.3 is 10.7 Å². The Morgan fingerprint density at radius 3 is 2.76 bits per heavy atom. The Balaban J connectivity index is 1.59. The largest absolute Gasteiger partial charge is 0.361 e.